The Hall–Kier alpha value is -0.680. The van der Waals surface area contributed by atoms with Crippen LogP contribution in [0.5, 0.6) is 0 Å². The maximum absolute atomic E-state index is 9.91. The van der Waals surface area contributed by atoms with E-state index < -0.39 is 0 Å². The molecule has 0 bridgehead atoms. The van der Waals surface area contributed by atoms with Crippen LogP contribution in [0.25, 0.3) is 0 Å². The standard InChI is InChI=1S/C13H23N3OS/c1-13(2,3)11-15-12(18-16-11)14-8-9-6-4-5-7-10(9)17/h9-10,17H,4-8H2,1-3H3,(H,14,15,16). The number of hydrogen-bond acceptors (Lipinski definition) is 5. The molecular weight excluding hydrogens is 246 g/mol. The Bertz CT molecular complexity index is 386. The average molecular weight is 269 g/mol. The number of nitrogens with zero attached hydrogens (tertiary/aromatic N) is 2. The van der Waals surface area contributed by atoms with Crippen molar-refractivity contribution in [2.75, 3.05) is 11.9 Å². The molecule has 0 radical (unpaired) electrons. The molecule has 2 unspecified atom stereocenters. The Labute approximate surface area is 113 Å². The quantitative estimate of drug-likeness (QED) is 0.886. The summed E-state index contributed by atoms with van der Waals surface area (Å²) < 4.78 is 4.38. The molecular formula is C13H23N3OS. The van der Waals surface area contributed by atoms with Crippen molar-refractivity contribution >= 4 is 16.7 Å². The van der Waals surface area contributed by atoms with E-state index in [9.17, 15) is 5.11 Å². The van der Waals surface area contributed by atoms with Crippen LogP contribution in [0.2, 0.25) is 0 Å². The molecule has 2 rings (SSSR count). The molecule has 2 atom stereocenters. The molecule has 1 aliphatic carbocycles. The predicted molar refractivity (Wildman–Crippen MR) is 75.1 cm³/mol. The minimum Gasteiger partial charge on any atom is -0.393 e. The summed E-state index contributed by atoms with van der Waals surface area (Å²) in [5, 5.41) is 14.1. The van der Waals surface area contributed by atoms with Crippen LogP contribution in [0.1, 0.15) is 52.3 Å². The van der Waals surface area contributed by atoms with Crippen LogP contribution < -0.4 is 5.32 Å². The second-order valence-electron chi connectivity index (χ2n) is 6.17. The minimum absolute atomic E-state index is 0.000776. The number of nitrogens with one attached hydrogen (secondary N) is 1. The Kier molecular flexibility index (Phi) is 4.22. The zero-order chi connectivity index (χ0) is 13.2. The first-order valence-corrected chi connectivity index (χ1v) is 7.50. The summed E-state index contributed by atoms with van der Waals surface area (Å²) in [4.78, 5) is 4.51. The first-order valence-electron chi connectivity index (χ1n) is 6.73. The number of aliphatic hydroxyl groups excluding tert-OH is 1. The van der Waals surface area contributed by atoms with Gasteiger partial charge in [-0.1, -0.05) is 33.6 Å². The maximum atomic E-state index is 9.91. The van der Waals surface area contributed by atoms with Crippen molar-refractivity contribution in [3.63, 3.8) is 0 Å². The molecule has 0 aromatic carbocycles. The van der Waals surface area contributed by atoms with E-state index in [0.717, 1.165) is 36.8 Å². The molecule has 1 saturated carbocycles. The van der Waals surface area contributed by atoms with Crippen molar-refractivity contribution in [3.05, 3.63) is 5.82 Å². The van der Waals surface area contributed by atoms with Crippen molar-refractivity contribution in [3.8, 4) is 0 Å². The lowest BCUT2D eigenvalue weighted by Gasteiger charge is -2.27. The lowest BCUT2D eigenvalue weighted by atomic mass is 9.86. The molecule has 2 N–H and O–H groups in total. The topological polar surface area (TPSA) is 58.0 Å². The zero-order valence-corrected chi connectivity index (χ0v) is 12.3. The summed E-state index contributed by atoms with van der Waals surface area (Å²) in [6.07, 6.45) is 4.29. The van der Waals surface area contributed by atoms with Crippen LogP contribution >= 0.6 is 11.5 Å². The first-order chi connectivity index (χ1) is 8.47. The number of aliphatic hydroxyl groups is 1. The number of rotatable bonds is 3. The molecule has 102 valence electrons. The van der Waals surface area contributed by atoms with Crippen LogP contribution in [0.4, 0.5) is 5.13 Å². The summed E-state index contributed by atoms with van der Waals surface area (Å²) in [7, 11) is 0. The van der Waals surface area contributed by atoms with E-state index in [1.165, 1.54) is 18.0 Å². The Morgan fingerprint density at radius 3 is 2.67 bits per heavy atom. The zero-order valence-electron chi connectivity index (χ0n) is 11.4. The van der Waals surface area contributed by atoms with Gasteiger partial charge in [0.15, 0.2) is 0 Å². The second-order valence-corrected chi connectivity index (χ2v) is 6.92. The average Bonchev–Trinajstić information content (AvgIpc) is 2.76. The van der Waals surface area contributed by atoms with E-state index in [2.05, 4.69) is 35.4 Å². The second kappa shape index (κ2) is 5.53. The van der Waals surface area contributed by atoms with Gasteiger partial charge in [0.2, 0.25) is 5.13 Å². The van der Waals surface area contributed by atoms with Crippen molar-refractivity contribution < 1.29 is 5.11 Å². The van der Waals surface area contributed by atoms with Crippen LogP contribution in [-0.4, -0.2) is 27.1 Å². The lowest BCUT2D eigenvalue weighted by Crippen LogP contribution is -2.30. The largest absolute Gasteiger partial charge is 0.393 e. The van der Waals surface area contributed by atoms with E-state index in [1.54, 1.807) is 0 Å². The van der Waals surface area contributed by atoms with Gasteiger partial charge >= 0.3 is 0 Å². The van der Waals surface area contributed by atoms with Gasteiger partial charge in [-0.3, -0.25) is 0 Å². The van der Waals surface area contributed by atoms with Gasteiger partial charge in [-0.15, -0.1) is 0 Å². The monoisotopic (exact) mass is 269 g/mol. The fourth-order valence-electron chi connectivity index (χ4n) is 2.24. The van der Waals surface area contributed by atoms with Crippen LogP contribution in [0.15, 0.2) is 0 Å². The summed E-state index contributed by atoms with van der Waals surface area (Å²) in [5.74, 6) is 1.25. The SMILES string of the molecule is CC(C)(C)c1nsc(NCC2CCCCC2O)n1. The third-order valence-corrected chi connectivity index (χ3v) is 4.15. The van der Waals surface area contributed by atoms with Crippen molar-refractivity contribution in [2.45, 2.75) is 58.0 Å². The molecule has 4 nitrogen and oxygen atoms in total. The van der Waals surface area contributed by atoms with E-state index >= 15 is 0 Å². The van der Waals surface area contributed by atoms with Crippen molar-refractivity contribution in [1.82, 2.24) is 9.36 Å². The van der Waals surface area contributed by atoms with Crippen molar-refractivity contribution in [1.29, 1.82) is 0 Å². The molecule has 0 amide bonds. The molecule has 18 heavy (non-hydrogen) atoms. The third kappa shape index (κ3) is 3.42. The highest BCUT2D eigenvalue weighted by Gasteiger charge is 2.24. The van der Waals surface area contributed by atoms with Crippen LogP contribution in [0.3, 0.4) is 0 Å². The molecule has 0 aliphatic heterocycles. The van der Waals surface area contributed by atoms with Gasteiger partial charge < -0.3 is 10.4 Å². The number of hydrogen-bond donors (Lipinski definition) is 2. The summed E-state index contributed by atoms with van der Waals surface area (Å²) in [6.45, 7) is 7.15. The molecule has 0 saturated heterocycles. The van der Waals surface area contributed by atoms with Gasteiger partial charge in [0.05, 0.1) is 6.10 Å². The lowest BCUT2D eigenvalue weighted by molar-refractivity contribution is 0.0763. The highest BCUT2D eigenvalue weighted by molar-refractivity contribution is 7.09. The van der Waals surface area contributed by atoms with Crippen molar-refractivity contribution in [2.24, 2.45) is 5.92 Å². The van der Waals surface area contributed by atoms with Gasteiger partial charge in [0.1, 0.15) is 5.82 Å². The molecule has 1 aromatic heterocycles. The van der Waals surface area contributed by atoms with E-state index in [1.807, 2.05) is 0 Å². The van der Waals surface area contributed by atoms with E-state index in [-0.39, 0.29) is 11.5 Å². The van der Waals surface area contributed by atoms with Gasteiger partial charge in [-0.05, 0) is 12.8 Å². The van der Waals surface area contributed by atoms with Gasteiger partial charge in [-0.25, -0.2) is 4.98 Å². The molecule has 1 aromatic rings. The molecule has 5 heteroatoms. The molecule has 0 spiro atoms. The van der Waals surface area contributed by atoms with Crippen LogP contribution in [-0.2, 0) is 5.41 Å². The van der Waals surface area contributed by atoms with Crippen LogP contribution in [0, 0.1) is 5.92 Å². The summed E-state index contributed by atoms with van der Waals surface area (Å²) in [5.41, 5.74) is 0.000776. The Morgan fingerprint density at radius 1 is 1.33 bits per heavy atom. The normalized spacial score (nSPS) is 25.1. The molecule has 1 aliphatic rings. The van der Waals surface area contributed by atoms with E-state index in [4.69, 9.17) is 0 Å². The number of anilines is 1. The van der Waals surface area contributed by atoms with E-state index in [0.29, 0.717) is 5.92 Å². The third-order valence-electron chi connectivity index (χ3n) is 3.48. The molecule has 1 heterocycles. The fourth-order valence-corrected chi connectivity index (χ4v) is 3.01. The highest BCUT2D eigenvalue weighted by atomic mass is 32.1. The first kappa shape index (κ1) is 13.7. The molecule has 1 fully saturated rings. The maximum Gasteiger partial charge on any atom is 0.202 e. The fraction of sp³-hybridized carbons (Fsp3) is 0.846. The Morgan fingerprint density at radius 2 is 2.06 bits per heavy atom. The Balaban J connectivity index is 1.88. The van der Waals surface area contributed by atoms with Gasteiger partial charge in [-0.2, -0.15) is 4.37 Å². The van der Waals surface area contributed by atoms with Gasteiger partial charge in [0, 0.05) is 29.4 Å². The minimum atomic E-state index is -0.152. The number of aromatic nitrogens is 2. The summed E-state index contributed by atoms with van der Waals surface area (Å²) in [6, 6.07) is 0. The highest BCUT2D eigenvalue weighted by Crippen LogP contribution is 2.26. The smallest absolute Gasteiger partial charge is 0.202 e. The summed E-state index contributed by atoms with van der Waals surface area (Å²) >= 11 is 1.41. The van der Waals surface area contributed by atoms with Gasteiger partial charge in [0.25, 0.3) is 0 Å². The predicted octanol–water partition coefficient (Wildman–Crippen LogP) is 2.80.